The molecule has 0 fully saturated rings. The summed E-state index contributed by atoms with van der Waals surface area (Å²) in [6.07, 6.45) is 2.85. The van der Waals surface area contributed by atoms with Gasteiger partial charge in [0.1, 0.15) is 11.9 Å². The summed E-state index contributed by atoms with van der Waals surface area (Å²) in [6.45, 7) is 2.08. The third kappa shape index (κ3) is 2.12. The monoisotopic (exact) mass is 258 g/mol. The maximum atomic E-state index is 10.3. The Balaban J connectivity index is 1.96. The molecule has 1 N–H and O–H groups in total. The third-order valence-corrected chi connectivity index (χ3v) is 3.60. The summed E-state index contributed by atoms with van der Waals surface area (Å²) >= 11 is 0. The van der Waals surface area contributed by atoms with Crippen LogP contribution < -0.4 is 4.74 Å². The summed E-state index contributed by atoms with van der Waals surface area (Å²) in [6, 6.07) is 7.68. The number of hydrogen-bond acceptors (Lipinski definition) is 3. The maximum Gasteiger partial charge on any atom is 0.130 e. The van der Waals surface area contributed by atoms with Crippen LogP contribution in [-0.2, 0) is 13.5 Å². The highest BCUT2D eigenvalue weighted by molar-refractivity contribution is 5.38. The Hall–Kier alpha value is -1.81. The van der Waals surface area contributed by atoms with E-state index in [0.717, 1.165) is 29.0 Å². The Morgan fingerprint density at radius 3 is 2.95 bits per heavy atom. The molecule has 4 heteroatoms. The van der Waals surface area contributed by atoms with E-state index < -0.39 is 6.10 Å². The highest BCUT2D eigenvalue weighted by atomic mass is 16.5. The first-order chi connectivity index (χ1) is 9.19. The molecule has 19 heavy (non-hydrogen) atoms. The minimum atomic E-state index is -0.472. The Bertz CT molecular complexity index is 592. The second kappa shape index (κ2) is 4.70. The molecule has 0 amide bonds. The summed E-state index contributed by atoms with van der Waals surface area (Å²) in [5.41, 5.74) is 3.00. The number of rotatable bonds is 2. The van der Waals surface area contributed by atoms with Gasteiger partial charge < -0.3 is 9.84 Å². The van der Waals surface area contributed by atoms with Crippen LogP contribution in [-0.4, -0.2) is 14.9 Å². The topological polar surface area (TPSA) is 47.3 Å². The van der Waals surface area contributed by atoms with Crippen LogP contribution in [0.5, 0.6) is 5.75 Å². The second-order valence-electron chi connectivity index (χ2n) is 4.95. The molecule has 2 aromatic rings. The number of fused-ring (bicyclic) bond motifs is 1. The lowest BCUT2D eigenvalue weighted by Gasteiger charge is -2.29. The highest BCUT2D eigenvalue weighted by Gasteiger charge is 2.30. The van der Waals surface area contributed by atoms with E-state index in [1.165, 1.54) is 0 Å². The summed E-state index contributed by atoms with van der Waals surface area (Å²) < 4.78 is 7.84. The van der Waals surface area contributed by atoms with Gasteiger partial charge in [-0.3, -0.25) is 4.68 Å². The molecule has 1 aromatic heterocycles. The van der Waals surface area contributed by atoms with E-state index in [-0.39, 0.29) is 6.10 Å². The number of nitrogens with zero attached hydrogens (tertiary/aromatic N) is 2. The van der Waals surface area contributed by atoms with Crippen LogP contribution in [0.3, 0.4) is 0 Å². The van der Waals surface area contributed by atoms with E-state index in [9.17, 15) is 5.11 Å². The molecule has 0 radical (unpaired) electrons. The summed E-state index contributed by atoms with van der Waals surface area (Å²) in [4.78, 5) is 0. The predicted octanol–water partition coefficient (Wildman–Crippen LogP) is 2.54. The largest absolute Gasteiger partial charge is 0.485 e. The van der Waals surface area contributed by atoms with E-state index in [0.29, 0.717) is 6.42 Å². The summed E-state index contributed by atoms with van der Waals surface area (Å²) in [7, 11) is 1.91. The molecule has 2 atom stereocenters. The van der Waals surface area contributed by atoms with Gasteiger partial charge in [-0.1, -0.05) is 25.1 Å². The van der Waals surface area contributed by atoms with Gasteiger partial charge in [0.25, 0.3) is 0 Å². The van der Waals surface area contributed by atoms with Crippen LogP contribution in [0.1, 0.15) is 42.4 Å². The first-order valence-corrected chi connectivity index (χ1v) is 6.65. The zero-order valence-electron chi connectivity index (χ0n) is 11.2. The molecule has 0 spiro atoms. The smallest absolute Gasteiger partial charge is 0.130 e. The zero-order valence-corrected chi connectivity index (χ0v) is 11.2. The molecule has 100 valence electrons. The molecule has 1 aromatic carbocycles. The lowest BCUT2D eigenvalue weighted by molar-refractivity contribution is 0.0653. The Morgan fingerprint density at radius 2 is 2.16 bits per heavy atom. The Morgan fingerprint density at radius 1 is 1.37 bits per heavy atom. The number of aliphatic hydroxyl groups is 1. The number of para-hydroxylation sites is 1. The molecule has 4 nitrogen and oxygen atoms in total. The molecule has 0 saturated carbocycles. The Labute approximate surface area is 112 Å². The highest BCUT2D eigenvalue weighted by Crippen LogP contribution is 2.41. The molecule has 1 aliphatic rings. The van der Waals surface area contributed by atoms with Crippen LogP contribution in [0.4, 0.5) is 0 Å². The molecule has 0 aliphatic carbocycles. The van der Waals surface area contributed by atoms with Crippen molar-refractivity contribution in [3.8, 4) is 5.75 Å². The second-order valence-corrected chi connectivity index (χ2v) is 4.95. The quantitative estimate of drug-likeness (QED) is 0.900. The van der Waals surface area contributed by atoms with Gasteiger partial charge in [0.15, 0.2) is 0 Å². The standard InChI is InChI=1S/C15H18N2O2/c1-3-12-11(9-17(2)16-12)15-8-13(18)10-6-4-5-7-14(10)19-15/h4-7,9,13,15,18H,3,8H2,1-2H3. The van der Waals surface area contributed by atoms with E-state index in [1.807, 2.05) is 42.2 Å². The summed E-state index contributed by atoms with van der Waals surface area (Å²) in [5.74, 6) is 0.775. The Kier molecular flexibility index (Phi) is 3.03. The van der Waals surface area contributed by atoms with Crippen molar-refractivity contribution >= 4 is 0 Å². The first-order valence-electron chi connectivity index (χ1n) is 6.65. The van der Waals surface area contributed by atoms with Gasteiger partial charge in [0, 0.05) is 30.8 Å². The molecule has 0 saturated heterocycles. The van der Waals surface area contributed by atoms with Crippen molar-refractivity contribution in [2.75, 3.05) is 0 Å². The molecule has 0 bridgehead atoms. The number of benzene rings is 1. The van der Waals surface area contributed by atoms with Gasteiger partial charge in [-0.15, -0.1) is 0 Å². The predicted molar refractivity (Wildman–Crippen MR) is 72.0 cm³/mol. The van der Waals surface area contributed by atoms with Gasteiger partial charge in [0.05, 0.1) is 11.8 Å². The van der Waals surface area contributed by atoms with Crippen molar-refractivity contribution in [2.24, 2.45) is 7.05 Å². The van der Waals surface area contributed by atoms with Crippen LogP contribution >= 0.6 is 0 Å². The fourth-order valence-electron chi connectivity index (χ4n) is 2.68. The van der Waals surface area contributed by atoms with E-state index >= 15 is 0 Å². The van der Waals surface area contributed by atoms with Gasteiger partial charge in [-0.05, 0) is 12.5 Å². The summed E-state index contributed by atoms with van der Waals surface area (Å²) in [5, 5.41) is 14.7. The van der Waals surface area contributed by atoms with Gasteiger partial charge in [-0.25, -0.2) is 0 Å². The average molecular weight is 258 g/mol. The van der Waals surface area contributed by atoms with Gasteiger partial charge in [-0.2, -0.15) is 5.10 Å². The number of aryl methyl sites for hydroxylation is 2. The molecular weight excluding hydrogens is 240 g/mol. The zero-order chi connectivity index (χ0) is 13.4. The van der Waals surface area contributed by atoms with Crippen molar-refractivity contribution in [3.05, 3.63) is 47.3 Å². The maximum absolute atomic E-state index is 10.3. The lowest BCUT2D eigenvalue weighted by atomic mass is 9.95. The fraction of sp³-hybridized carbons (Fsp3) is 0.400. The van der Waals surface area contributed by atoms with E-state index in [2.05, 4.69) is 12.0 Å². The van der Waals surface area contributed by atoms with Crippen LogP contribution in [0.25, 0.3) is 0 Å². The molecule has 2 heterocycles. The number of hydrogen-bond donors (Lipinski definition) is 1. The number of ether oxygens (including phenoxy) is 1. The normalized spacial score (nSPS) is 21.8. The molecule has 2 unspecified atom stereocenters. The number of aliphatic hydroxyl groups excluding tert-OH is 1. The molecule has 3 rings (SSSR count). The van der Waals surface area contributed by atoms with E-state index in [4.69, 9.17) is 4.74 Å². The SMILES string of the molecule is CCc1nn(C)cc1C1CC(O)c2ccccc2O1. The first kappa shape index (κ1) is 12.2. The minimum Gasteiger partial charge on any atom is -0.485 e. The van der Waals surface area contributed by atoms with E-state index in [1.54, 1.807) is 0 Å². The van der Waals surface area contributed by atoms with Crippen molar-refractivity contribution in [1.29, 1.82) is 0 Å². The van der Waals surface area contributed by atoms with Crippen LogP contribution in [0.2, 0.25) is 0 Å². The van der Waals surface area contributed by atoms with Crippen LogP contribution in [0.15, 0.2) is 30.5 Å². The van der Waals surface area contributed by atoms with Crippen molar-refractivity contribution < 1.29 is 9.84 Å². The average Bonchev–Trinajstić information content (AvgIpc) is 2.80. The lowest BCUT2D eigenvalue weighted by Crippen LogP contribution is -2.19. The molecular formula is C15H18N2O2. The third-order valence-electron chi connectivity index (χ3n) is 3.60. The van der Waals surface area contributed by atoms with Crippen molar-refractivity contribution in [1.82, 2.24) is 9.78 Å². The molecule has 1 aliphatic heterocycles. The fourth-order valence-corrected chi connectivity index (χ4v) is 2.68. The van der Waals surface area contributed by atoms with Crippen molar-refractivity contribution in [3.63, 3.8) is 0 Å². The van der Waals surface area contributed by atoms with Crippen LogP contribution in [0, 0.1) is 0 Å². The van der Waals surface area contributed by atoms with Crippen molar-refractivity contribution in [2.45, 2.75) is 32.0 Å². The van der Waals surface area contributed by atoms with Gasteiger partial charge >= 0.3 is 0 Å². The number of aromatic nitrogens is 2. The minimum absolute atomic E-state index is 0.117. The van der Waals surface area contributed by atoms with Gasteiger partial charge in [0.2, 0.25) is 0 Å².